The van der Waals surface area contributed by atoms with Crippen LogP contribution in [0, 0.1) is 0 Å². The molecular formula is C23H30N6O. The summed E-state index contributed by atoms with van der Waals surface area (Å²) in [6.07, 6.45) is 2.64. The summed E-state index contributed by atoms with van der Waals surface area (Å²) in [7, 11) is 1.78. The summed E-state index contributed by atoms with van der Waals surface area (Å²) >= 11 is 0. The zero-order valence-electron chi connectivity index (χ0n) is 17.7. The van der Waals surface area contributed by atoms with Crippen molar-refractivity contribution in [2.75, 3.05) is 13.6 Å². The lowest BCUT2D eigenvalue weighted by molar-refractivity contribution is 0.106. The first-order valence-electron chi connectivity index (χ1n) is 10.3. The number of aryl methyl sites for hydroxylation is 1. The molecule has 30 heavy (non-hydrogen) atoms. The molecule has 0 atom stereocenters. The van der Waals surface area contributed by atoms with Crippen LogP contribution >= 0.6 is 0 Å². The highest BCUT2D eigenvalue weighted by molar-refractivity contribution is 5.79. The van der Waals surface area contributed by atoms with Gasteiger partial charge in [0.05, 0.1) is 13.2 Å². The molecule has 2 N–H and O–H groups in total. The molecule has 0 aliphatic rings. The lowest BCUT2D eigenvalue weighted by Crippen LogP contribution is -2.38. The van der Waals surface area contributed by atoms with E-state index in [0.717, 1.165) is 31.3 Å². The van der Waals surface area contributed by atoms with Crippen LogP contribution in [0.1, 0.15) is 29.4 Å². The number of benzene rings is 2. The number of guanidine groups is 1. The minimum atomic E-state index is 0.576. The average molecular weight is 407 g/mol. The molecule has 2 aromatic carbocycles. The number of hydrogen-bond acceptors (Lipinski definition) is 4. The van der Waals surface area contributed by atoms with E-state index in [1.54, 1.807) is 13.4 Å². The highest BCUT2D eigenvalue weighted by atomic mass is 16.5. The third-order valence-corrected chi connectivity index (χ3v) is 4.81. The van der Waals surface area contributed by atoms with Gasteiger partial charge in [0.25, 0.3) is 0 Å². The Morgan fingerprint density at radius 3 is 2.53 bits per heavy atom. The van der Waals surface area contributed by atoms with Crippen LogP contribution in [0.4, 0.5) is 0 Å². The summed E-state index contributed by atoms with van der Waals surface area (Å²) < 4.78 is 7.97. The molecule has 158 valence electrons. The van der Waals surface area contributed by atoms with Gasteiger partial charge >= 0.3 is 0 Å². The lowest BCUT2D eigenvalue weighted by atomic mass is 10.1. The van der Waals surface area contributed by atoms with E-state index in [0.29, 0.717) is 19.8 Å². The number of nitrogens with one attached hydrogen (secondary N) is 2. The molecule has 0 aliphatic carbocycles. The summed E-state index contributed by atoms with van der Waals surface area (Å²) in [5.41, 5.74) is 3.55. The highest BCUT2D eigenvalue weighted by Crippen LogP contribution is 2.11. The maximum atomic E-state index is 5.92. The Kier molecular flexibility index (Phi) is 8.41. The minimum absolute atomic E-state index is 0.576. The standard InChI is InChI=1S/C23H30N6O/c1-3-22-28-27-18-29(22)14-13-25-23(24-2)26-15-20-11-7-8-12-21(20)17-30-16-19-9-5-4-6-10-19/h4-12,18H,3,13-17H2,1-2H3,(H2,24,25,26). The third kappa shape index (κ3) is 6.42. The van der Waals surface area contributed by atoms with E-state index in [1.807, 2.05) is 30.3 Å². The number of nitrogens with zero attached hydrogens (tertiary/aromatic N) is 4. The molecule has 0 fully saturated rings. The predicted molar refractivity (Wildman–Crippen MR) is 119 cm³/mol. The van der Waals surface area contributed by atoms with Gasteiger partial charge in [-0.2, -0.15) is 0 Å². The van der Waals surface area contributed by atoms with Gasteiger partial charge in [0.2, 0.25) is 0 Å². The topological polar surface area (TPSA) is 76.4 Å². The minimum Gasteiger partial charge on any atom is -0.372 e. The van der Waals surface area contributed by atoms with E-state index in [9.17, 15) is 0 Å². The van der Waals surface area contributed by atoms with Gasteiger partial charge in [-0.25, -0.2) is 0 Å². The molecule has 1 heterocycles. The van der Waals surface area contributed by atoms with Gasteiger partial charge in [0.15, 0.2) is 5.96 Å². The van der Waals surface area contributed by atoms with Crippen LogP contribution in [0.2, 0.25) is 0 Å². The van der Waals surface area contributed by atoms with Crippen LogP contribution in [-0.4, -0.2) is 34.3 Å². The molecule has 1 aromatic heterocycles. The molecule has 0 unspecified atom stereocenters. The molecule has 0 amide bonds. The van der Waals surface area contributed by atoms with Gasteiger partial charge in [0.1, 0.15) is 12.2 Å². The van der Waals surface area contributed by atoms with Crippen molar-refractivity contribution < 1.29 is 4.74 Å². The fourth-order valence-electron chi connectivity index (χ4n) is 3.16. The number of hydrogen-bond donors (Lipinski definition) is 2. The van der Waals surface area contributed by atoms with Crippen LogP contribution < -0.4 is 10.6 Å². The van der Waals surface area contributed by atoms with E-state index in [4.69, 9.17) is 4.74 Å². The fraction of sp³-hybridized carbons (Fsp3) is 0.348. The first kappa shape index (κ1) is 21.5. The predicted octanol–water partition coefficient (Wildman–Crippen LogP) is 2.92. The Balaban J connectivity index is 1.46. The second kappa shape index (κ2) is 11.7. The zero-order chi connectivity index (χ0) is 21.0. The lowest BCUT2D eigenvalue weighted by Gasteiger charge is -2.15. The molecule has 3 rings (SSSR count). The van der Waals surface area contributed by atoms with Crippen molar-refractivity contribution in [1.82, 2.24) is 25.4 Å². The Morgan fingerprint density at radius 2 is 1.77 bits per heavy atom. The smallest absolute Gasteiger partial charge is 0.191 e. The van der Waals surface area contributed by atoms with E-state index < -0.39 is 0 Å². The van der Waals surface area contributed by atoms with Gasteiger partial charge in [-0.3, -0.25) is 4.99 Å². The van der Waals surface area contributed by atoms with Crippen LogP contribution in [0.15, 0.2) is 65.9 Å². The van der Waals surface area contributed by atoms with Gasteiger partial charge in [-0.15, -0.1) is 10.2 Å². The molecule has 0 radical (unpaired) electrons. The van der Waals surface area contributed by atoms with Crippen molar-refractivity contribution in [3.8, 4) is 0 Å². The van der Waals surface area contributed by atoms with Crippen molar-refractivity contribution in [3.63, 3.8) is 0 Å². The highest BCUT2D eigenvalue weighted by Gasteiger charge is 2.05. The summed E-state index contributed by atoms with van der Waals surface area (Å²) in [5, 5.41) is 14.8. The Hall–Kier alpha value is -3.19. The van der Waals surface area contributed by atoms with E-state index >= 15 is 0 Å². The molecule has 7 nitrogen and oxygen atoms in total. The molecule has 0 saturated heterocycles. The monoisotopic (exact) mass is 406 g/mol. The molecule has 0 aliphatic heterocycles. The maximum absolute atomic E-state index is 5.92. The van der Waals surface area contributed by atoms with Crippen LogP contribution in [0.3, 0.4) is 0 Å². The van der Waals surface area contributed by atoms with E-state index in [-0.39, 0.29) is 0 Å². The number of rotatable bonds is 10. The van der Waals surface area contributed by atoms with Gasteiger partial charge in [-0.05, 0) is 16.7 Å². The summed E-state index contributed by atoms with van der Waals surface area (Å²) in [6, 6.07) is 18.5. The zero-order valence-corrected chi connectivity index (χ0v) is 17.7. The molecule has 3 aromatic rings. The second-order valence-corrected chi connectivity index (χ2v) is 6.89. The molecule has 7 heteroatoms. The normalized spacial score (nSPS) is 11.5. The SMILES string of the molecule is CCc1nncn1CCNC(=NC)NCc1ccccc1COCc1ccccc1. The Morgan fingerprint density at radius 1 is 1.00 bits per heavy atom. The van der Waals surface area contributed by atoms with Crippen LogP contribution in [0.25, 0.3) is 0 Å². The summed E-state index contributed by atoms with van der Waals surface area (Å²) in [5.74, 6) is 1.75. The van der Waals surface area contributed by atoms with E-state index in [2.05, 4.69) is 61.6 Å². The first-order valence-corrected chi connectivity index (χ1v) is 10.3. The van der Waals surface area contributed by atoms with Crippen molar-refractivity contribution in [3.05, 3.63) is 83.4 Å². The number of ether oxygens (including phenoxy) is 1. The van der Waals surface area contributed by atoms with Gasteiger partial charge < -0.3 is 19.9 Å². The van der Waals surface area contributed by atoms with Crippen LogP contribution in [-0.2, 0) is 37.5 Å². The van der Waals surface area contributed by atoms with Crippen molar-refractivity contribution >= 4 is 5.96 Å². The van der Waals surface area contributed by atoms with E-state index in [1.165, 1.54) is 16.7 Å². The van der Waals surface area contributed by atoms with Gasteiger partial charge in [0, 0.05) is 33.1 Å². The maximum Gasteiger partial charge on any atom is 0.191 e. The Labute approximate surface area is 178 Å². The molecule has 0 saturated carbocycles. The quantitative estimate of drug-likeness (QED) is 0.400. The van der Waals surface area contributed by atoms with Crippen molar-refractivity contribution in [1.29, 1.82) is 0 Å². The van der Waals surface area contributed by atoms with Crippen LogP contribution in [0.5, 0.6) is 0 Å². The largest absolute Gasteiger partial charge is 0.372 e. The molecular weight excluding hydrogens is 376 g/mol. The summed E-state index contributed by atoms with van der Waals surface area (Å²) in [4.78, 5) is 4.32. The summed E-state index contributed by atoms with van der Waals surface area (Å²) in [6.45, 7) is 5.47. The fourth-order valence-corrected chi connectivity index (χ4v) is 3.16. The molecule has 0 spiro atoms. The Bertz CT molecular complexity index is 922. The second-order valence-electron chi connectivity index (χ2n) is 6.89. The number of aliphatic imine (C=N–C) groups is 1. The van der Waals surface area contributed by atoms with Crippen molar-refractivity contribution in [2.45, 2.75) is 39.6 Å². The molecule has 0 bridgehead atoms. The third-order valence-electron chi connectivity index (χ3n) is 4.81. The first-order chi connectivity index (χ1) is 14.8. The average Bonchev–Trinajstić information content (AvgIpc) is 3.25. The number of aromatic nitrogens is 3. The van der Waals surface area contributed by atoms with Gasteiger partial charge in [-0.1, -0.05) is 61.5 Å². The van der Waals surface area contributed by atoms with Crippen molar-refractivity contribution in [2.24, 2.45) is 4.99 Å².